The predicted octanol–water partition coefficient (Wildman–Crippen LogP) is 4.10. The zero-order valence-corrected chi connectivity index (χ0v) is 18.5. The van der Waals surface area contributed by atoms with Crippen LogP contribution in [0.4, 0.5) is 19.3 Å². The van der Waals surface area contributed by atoms with Crippen LogP contribution in [0.15, 0.2) is 53.7 Å². The van der Waals surface area contributed by atoms with Gasteiger partial charge in [0.1, 0.15) is 0 Å². The summed E-state index contributed by atoms with van der Waals surface area (Å²) in [5, 5.41) is 11.8. The smallest absolute Gasteiger partial charge is 0.387 e. The van der Waals surface area contributed by atoms with Gasteiger partial charge in [0, 0.05) is 5.70 Å². The molecule has 0 saturated heterocycles. The summed E-state index contributed by atoms with van der Waals surface area (Å²) in [6.45, 7) is 0.196. The lowest BCUT2D eigenvalue weighted by Crippen LogP contribution is -2.48. The van der Waals surface area contributed by atoms with Crippen molar-refractivity contribution in [3.63, 3.8) is 0 Å². The van der Waals surface area contributed by atoms with Crippen molar-refractivity contribution in [2.75, 3.05) is 18.6 Å². The second-order valence-electron chi connectivity index (χ2n) is 7.08. The first kappa shape index (κ1) is 24.5. The lowest BCUT2D eigenvalue weighted by molar-refractivity contribution is -0.139. The molecule has 3 rings (SSSR count). The molecule has 0 radical (unpaired) electrons. The first-order chi connectivity index (χ1) is 16.2. The molecule has 0 aromatic heterocycles. The van der Waals surface area contributed by atoms with Crippen LogP contribution in [0.1, 0.15) is 35.8 Å². The summed E-state index contributed by atoms with van der Waals surface area (Å²) in [5.41, 5.74) is 1.09. The van der Waals surface area contributed by atoms with Crippen molar-refractivity contribution in [1.29, 1.82) is 0 Å². The van der Waals surface area contributed by atoms with Crippen molar-refractivity contribution in [3.05, 3.63) is 64.9 Å². The van der Waals surface area contributed by atoms with Gasteiger partial charge in [-0.1, -0.05) is 6.07 Å². The van der Waals surface area contributed by atoms with Gasteiger partial charge < -0.3 is 24.6 Å². The Morgan fingerprint density at radius 2 is 1.82 bits per heavy atom. The van der Waals surface area contributed by atoms with Gasteiger partial charge in [-0.05, 0) is 55.8 Å². The number of hydrogen-bond acceptors (Lipinski definition) is 6. The first-order valence-electron chi connectivity index (χ1n) is 10.1. The number of allylic oxidation sites excluding steroid dienone is 1. The molecule has 0 unspecified atom stereocenters. The van der Waals surface area contributed by atoms with Crippen molar-refractivity contribution in [2.24, 2.45) is 0 Å². The fourth-order valence-electron chi connectivity index (χ4n) is 3.59. The van der Waals surface area contributed by atoms with E-state index in [1.165, 1.54) is 54.5 Å². The minimum Gasteiger partial charge on any atom is -0.493 e. The van der Waals surface area contributed by atoms with E-state index in [-0.39, 0.29) is 34.9 Å². The fourth-order valence-corrected chi connectivity index (χ4v) is 3.59. The van der Waals surface area contributed by atoms with Gasteiger partial charge in [0.05, 0.1) is 36.6 Å². The van der Waals surface area contributed by atoms with Gasteiger partial charge in [-0.15, -0.1) is 0 Å². The normalized spacial score (nSPS) is 15.8. The number of ether oxygens (including phenoxy) is 3. The molecule has 1 heterocycles. The number of methoxy groups -OCH3 is 1. The molecule has 0 spiro atoms. The number of carbonyl (C=O) groups excluding carboxylic acids is 2. The fraction of sp³-hybridized carbons (Fsp3) is 0.261. The zero-order chi connectivity index (χ0) is 25.0. The van der Waals surface area contributed by atoms with E-state index in [0.29, 0.717) is 11.3 Å². The number of esters is 1. The van der Waals surface area contributed by atoms with Gasteiger partial charge in [0.15, 0.2) is 11.5 Å². The first-order valence-corrected chi connectivity index (χ1v) is 10.1. The number of benzene rings is 2. The molecule has 0 fully saturated rings. The van der Waals surface area contributed by atoms with Crippen molar-refractivity contribution in [1.82, 2.24) is 5.32 Å². The Hall–Kier alpha value is -4.15. The molecular formula is C23H22F2N2O7. The van der Waals surface area contributed by atoms with E-state index < -0.39 is 30.6 Å². The quantitative estimate of drug-likeness (QED) is 0.551. The Balaban J connectivity index is 2.09. The summed E-state index contributed by atoms with van der Waals surface area (Å²) < 4.78 is 40.1. The maximum atomic E-state index is 13.1. The van der Waals surface area contributed by atoms with Gasteiger partial charge in [-0.25, -0.2) is 14.4 Å². The lowest BCUT2D eigenvalue weighted by Gasteiger charge is -2.35. The van der Waals surface area contributed by atoms with E-state index in [1.54, 1.807) is 13.8 Å². The Morgan fingerprint density at radius 3 is 2.38 bits per heavy atom. The van der Waals surface area contributed by atoms with Crippen LogP contribution in [0.5, 0.6) is 11.5 Å². The second-order valence-corrected chi connectivity index (χ2v) is 7.08. The third-order valence-corrected chi connectivity index (χ3v) is 5.09. The maximum Gasteiger partial charge on any atom is 0.387 e. The number of hydrogen-bond donors (Lipinski definition) is 2. The van der Waals surface area contributed by atoms with E-state index in [4.69, 9.17) is 14.6 Å². The van der Waals surface area contributed by atoms with Gasteiger partial charge in [0.25, 0.3) is 0 Å². The molecule has 34 heavy (non-hydrogen) atoms. The molecule has 0 aliphatic carbocycles. The molecule has 0 bridgehead atoms. The number of amides is 2. The zero-order valence-electron chi connectivity index (χ0n) is 18.5. The number of aromatic carboxylic acids is 1. The van der Waals surface area contributed by atoms with E-state index >= 15 is 0 Å². The summed E-state index contributed by atoms with van der Waals surface area (Å²) in [6.07, 6.45) is 0. The molecule has 0 saturated carbocycles. The van der Waals surface area contributed by atoms with Crippen molar-refractivity contribution in [3.8, 4) is 11.5 Å². The van der Waals surface area contributed by atoms with E-state index in [1.807, 2.05) is 0 Å². The number of alkyl halides is 2. The highest BCUT2D eigenvalue weighted by Gasteiger charge is 2.37. The Bertz CT molecular complexity index is 1130. The molecule has 1 aliphatic rings. The van der Waals surface area contributed by atoms with Crippen molar-refractivity contribution in [2.45, 2.75) is 26.5 Å². The van der Waals surface area contributed by atoms with Crippen LogP contribution in [-0.2, 0) is 9.53 Å². The number of carboxylic acid groups (broad SMARTS) is 1. The number of rotatable bonds is 8. The summed E-state index contributed by atoms with van der Waals surface area (Å²) in [4.78, 5) is 38.3. The third-order valence-electron chi connectivity index (χ3n) is 5.09. The standard InChI is InChI=1S/C23H22F2N2O7/c1-4-33-21(30)18-12(2)27(15-8-5-13(6-9-15)20(28)29)23(31)26-19(18)14-7-10-16(34-22(24)25)17(11-14)32-3/h5-11,19,22H,4H2,1-3H3,(H,26,31)(H,28,29)/t19-/m0/s1. The summed E-state index contributed by atoms with van der Waals surface area (Å²) in [7, 11) is 1.27. The highest BCUT2D eigenvalue weighted by Crippen LogP contribution is 2.38. The van der Waals surface area contributed by atoms with Gasteiger partial charge >= 0.3 is 24.6 Å². The Morgan fingerprint density at radius 1 is 1.15 bits per heavy atom. The number of halogens is 2. The van der Waals surface area contributed by atoms with Crippen LogP contribution in [0, 0.1) is 0 Å². The average molecular weight is 476 g/mol. The molecule has 2 aromatic carbocycles. The predicted molar refractivity (Wildman–Crippen MR) is 116 cm³/mol. The third kappa shape index (κ3) is 4.92. The molecule has 180 valence electrons. The van der Waals surface area contributed by atoms with Gasteiger partial charge in [-0.3, -0.25) is 4.90 Å². The molecule has 2 amide bonds. The van der Waals surface area contributed by atoms with Crippen LogP contribution in [0.3, 0.4) is 0 Å². The minimum atomic E-state index is -3.06. The number of nitrogens with one attached hydrogen (secondary N) is 1. The van der Waals surface area contributed by atoms with E-state index in [2.05, 4.69) is 10.1 Å². The Labute approximate surface area is 193 Å². The maximum absolute atomic E-state index is 13.1. The SMILES string of the molecule is CCOC(=O)C1=C(C)N(c2ccc(C(=O)O)cc2)C(=O)N[C@H]1c1ccc(OC(F)F)c(OC)c1. The molecule has 9 nitrogen and oxygen atoms in total. The highest BCUT2D eigenvalue weighted by atomic mass is 19.3. The van der Waals surface area contributed by atoms with Crippen LogP contribution in [0.25, 0.3) is 0 Å². The topological polar surface area (TPSA) is 114 Å². The number of nitrogens with zero attached hydrogens (tertiary/aromatic N) is 1. The molecule has 1 aliphatic heterocycles. The van der Waals surface area contributed by atoms with Crippen molar-refractivity contribution >= 4 is 23.7 Å². The summed E-state index contributed by atoms with van der Waals surface area (Å²) >= 11 is 0. The number of urea groups is 1. The molecular weight excluding hydrogens is 454 g/mol. The molecule has 11 heteroatoms. The van der Waals surface area contributed by atoms with Crippen molar-refractivity contribution < 1.29 is 42.5 Å². The summed E-state index contributed by atoms with van der Waals surface area (Å²) in [5.74, 6) is -2.03. The molecule has 2 aromatic rings. The van der Waals surface area contributed by atoms with Crippen LogP contribution in [0.2, 0.25) is 0 Å². The van der Waals surface area contributed by atoms with Gasteiger partial charge in [-0.2, -0.15) is 8.78 Å². The largest absolute Gasteiger partial charge is 0.493 e. The highest BCUT2D eigenvalue weighted by molar-refractivity contribution is 6.03. The molecule has 1 atom stereocenters. The Kier molecular flexibility index (Phi) is 7.34. The molecule has 2 N–H and O–H groups in total. The summed E-state index contributed by atoms with van der Waals surface area (Å²) in [6, 6.07) is 8.04. The number of carbonyl (C=O) groups is 3. The average Bonchev–Trinajstić information content (AvgIpc) is 2.79. The lowest BCUT2D eigenvalue weighted by atomic mass is 9.94. The second kappa shape index (κ2) is 10.2. The monoisotopic (exact) mass is 476 g/mol. The van der Waals surface area contributed by atoms with Gasteiger partial charge in [0.2, 0.25) is 0 Å². The van der Waals surface area contributed by atoms with Crippen LogP contribution >= 0.6 is 0 Å². The van der Waals surface area contributed by atoms with Crippen LogP contribution < -0.4 is 19.7 Å². The number of anilines is 1. The number of carboxylic acids is 1. The minimum absolute atomic E-state index is 0.0143. The van der Waals surface area contributed by atoms with E-state index in [0.717, 1.165) is 0 Å². The van der Waals surface area contributed by atoms with E-state index in [9.17, 15) is 23.2 Å². The van der Waals surface area contributed by atoms with Crippen LogP contribution in [-0.4, -0.2) is 43.4 Å².